The second kappa shape index (κ2) is 9.25. The quantitative estimate of drug-likeness (QED) is 0.537. The van der Waals surface area contributed by atoms with Gasteiger partial charge in [0.1, 0.15) is 5.82 Å². The van der Waals surface area contributed by atoms with Gasteiger partial charge in [-0.05, 0) is 36.8 Å². The minimum atomic E-state index is -4.47. The van der Waals surface area contributed by atoms with Gasteiger partial charge in [-0.2, -0.15) is 13.2 Å². The summed E-state index contributed by atoms with van der Waals surface area (Å²) in [6.07, 6.45) is -1.27. The zero-order chi connectivity index (χ0) is 20.0. The van der Waals surface area contributed by atoms with E-state index in [1.807, 2.05) is 6.26 Å². The molecule has 148 valence electrons. The summed E-state index contributed by atoms with van der Waals surface area (Å²) >= 11 is 1.53. The van der Waals surface area contributed by atoms with E-state index in [1.54, 1.807) is 0 Å². The predicted molar refractivity (Wildman–Crippen MR) is 98.7 cm³/mol. The summed E-state index contributed by atoms with van der Waals surface area (Å²) in [6, 6.07) is 4.41. The van der Waals surface area contributed by atoms with E-state index in [1.165, 1.54) is 23.9 Å². The molecule has 0 bridgehead atoms. The van der Waals surface area contributed by atoms with Crippen molar-refractivity contribution in [2.75, 3.05) is 12.8 Å². The summed E-state index contributed by atoms with van der Waals surface area (Å²) in [7, 11) is 0. The highest BCUT2D eigenvalue weighted by molar-refractivity contribution is 7.98. The van der Waals surface area contributed by atoms with E-state index < -0.39 is 17.6 Å². The maximum Gasteiger partial charge on any atom is 0.416 e. The average Bonchev–Trinajstić information content (AvgIpc) is 2.99. The Balaban J connectivity index is 1.90. The van der Waals surface area contributed by atoms with Crippen LogP contribution in [0.5, 0.6) is 0 Å². The van der Waals surface area contributed by atoms with Gasteiger partial charge in [-0.3, -0.25) is 4.79 Å². The first kappa shape index (κ1) is 21.3. The number of hydrogen-bond donors (Lipinski definition) is 1. The van der Waals surface area contributed by atoms with Crippen LogP contribution >= 0.6 is 11.8 Å². The third-order valence-corrected chi connectivity index (χ3v) is 4.51. The number of aromatic nitrogens is 3. The topological polar surface area (TPSA) is 59.8 Å². The molecule has 2 aromatic rings. The van der Waals surface area contributed by atoms with Crippen molar-refractivity contribution in [2.24, 2.45) is 5.92 Å². The van der Waals surface area contributed by atoms with Crippen LogP contribution in [-0.4, -0.2) is 33.5 Å². The van der Waals surface area contributed by atoms with Gasteiger partial charge in [0.15, 0.2) is 5.16 Å². The number of thioether (sulfide) groups is 1. The minimum Gasteiger partial charge on any atom is -0.352 e. The smallest absolute Gasteiger partial charge is 0.352 e. The van der Waals surface area contributed by atoms with Crippen LogP contribution < -0.4 is 5.32 Å². The third kappa shape index (κ3) is 5.98. The monoisotopic (exact) mass is 400 g/mol. The highest BCUT2D eigenvalue weighted by Gasteiger charge is 2.30. The molecule has 0 aliphatic carbocycles. The first-order chi connectivity index (χ1) is 12.7. The van der Waals surface area contributed by atoms with Crippen LogP contribution in [0.1, 0.15) is 42.0 Å². The molecule has 1 aromatic carbocycles. The van der Waals surface area contributed by atoms with Crippen LogP contribution in [0.25, 0.3) is 0 Å². The highest BCUT2D eigenvalue weighted by atomic mass is 32.2. The fraction of sp³-hybridized carbons (Fsp3) is 0.500. The number of aryl methyl sites for hydroxylation is 1. The van der Waals surface area contributed by atoms with Crippen LogP contribution in [0.3, 0.4) is 0 Å². The molecular weight excluding hydrogens is 377 g/mol. The molecule has 2 rings (SSSR count). The number of nitrogens with one attached hydrogen (secondary N) is 1. The number of benzene rings is 1. The first-order valence-corrected chi connectivity index (χ1v) is 9.86. The molecule has 9 heteroatoms. The molecule has 0 radical (unpaired) electrons. The van der Waals surface area contributed by atoms with Gasteiger partial charge in [0, 0.05) is 25.1 Å². The predicted octanol–water partition coefficient (Wildman–Crippen LogP) is 4.04. The first-order valence-electron chi connectivity index (χ1n) is 8.64. The summed E-state index contributed by atoms with van der Waals surface area (Å²) in [5, 5.41) is 11.9. The zero-order valence-corrected chi connectivity index (χ0v) is 16.3. The number of alkyl halides is 3. The molecule has 1 amide bonds. The Kier molecular flexibility index (Phi) is 7.29. The van der Waals surface area contributed by atoms with Crippen LogP contribution in [0.4, 0.5) is 13.2 Å². The van der Waals surface area contributed by atoms with E-state index in [4.69, 9.17) is 0 Å². The number of nitrogens with zero attached hydrogens (tertiary/aromatic N) is 3. The normalized spacial score (nSPS) is 11.8. The lowest BCUT2D eigenvalue weighted by atomic mass is 10.1. The molecule has 0 unspecified atom stereocenters. The lowest BCUT2D eigenvalue weighted by Crippen LogP contribution is -2.25. The van der Waals surface area contributed by atoms with Crippen molar-refractivity contribution in [1.82, 2.24) is 20.1 Å². The van der Waals surface area contributed by atoms with Gasteiger partial charge in [-0.25, -0.2) is 0 Å². The Morgan fingerprint density at radius 2 is 2.04 bits per heavy atom. The highest BCUT2D eigenvalue weighted by Crippen LogP contribution is 2.29. The second-order valence-corrected chi connectivity index (χ2v) is 7.32. The number of carbonyl (C=O) groups is 1. The fourth-order valence-electron chi connectivity index (χ4n) is 2.59. The van der Waals surface area contributed by atoms with Crippen molar-refractivity contribution in [3.05, 3.63) is 41.2 Å². The van der Waals surface area contributed by atoms with E-state index in [2.05, 4.69) is 33.9 Å². The summed E-state index contributed by atoms with van der Waals surface area (Å²) < 4.78 is 40.3. The molecule has 5 nitrogen and oxygen atoms in total. The van der Waals surface area contributed by atoms with Crippen molar-refractivity contribution >= 4 is 17.7 Å². The second-order valence-electron chi connectivity index (χ2n) is 6.55. The molecule has 0 fully saturated rings. The number of hydrogen-bond acceptors (Lipinski definition) is 4. The van der Waals surface area contributed by atoms with Gasteiger partial charge in [-0.1, -0.05) is 31.7 Å². The number of halogens is 3. The van der Waals surface area contributed by atoms with Gasteiger partial charge in [0.05, 0.1) is 5.56 Å². The van der Waals surface area contributed by atoms with E-state index in [0.717, 1.165) is 29.7 Å². The lowest BCUT2D eigenvalue weighted by molar-refractivity contribution is -0.137. The van der Waals surface area contributed by atoms with Crippen LogP contribution in [0.15, 0.2) is 29.4 Å². The molecule has 0 aliphatic rings. The molecule has 1 N–H and O–H groups in total. The maximum atomic E-state index is 12.7. The largest absolute Gasteiger partial charge is 0.416 e. The van der Waals surface area contributed by atoms with Crippen molar-refractivity contribution in [3.8, 4) is 0 Å². The molecular formula is C18H23F3N4OS. The van der Waals surface area contributed by atoms with Crippen molar-refractivity contribution in [2.45, 2.75) is 44.6 Å². The Morgan fingerprint density at radius 3 is 2.67 bits per heavy atom. The molecule has 1 heterocycles. The maximum absolute atomic E-state index is 12.7. The lowest BCUT2D eigenvalue weighted by Gasteiger charge is -2.12. The van der Waals surface area contributed by atoms with Crippen LogP contribution in [0, 0.1) is 5.92 Å². The third-order valence-electron chi connectivity index (χ3n) is 3.84. The summed E-state index contributed by atoms with van der Waals surface area (Å²) in [5.74, 6) is 0.780. The molecule has 27 heavy (non-hydrogen) atoms. The number of amides is 1. The molecule has 0 saturated carbocycles. The SMILES string of the molecule is CSc1nnc(CCCNC(=O)c2cccc(C(F)(F)F)c2)n1CC(C)C. The number of rotatable bonds is 8. The molecule has 0 aliphatic heterocycles. The minimum absolute atomic E-state index is 0.00234. The van der Waals surface area contributed by atoms with Crippen LogP contribution in [0.2, 0.25) is 0 Å². The Hall–Kier alpha value is -2.03. The van der Waals surface area contributed by atoms with E-state index in [-0.39, 0.29) is 5.56 Å². The van der Waals surface area contributed by atoms with Gasteiger partial charge in [0.2, 0.25) is 0 Å². The van der Waals surface area contributed by atoms with E-state index in [9.17, 15) is 18.0 Å². The number of carbonyl (C=O) groups excluding carboxylic acids is 1. The molecule has 0 spiro atoms. The van der Waals surface area contributed by atoms with Gasteiger partial charge in [-0.15, -0.1) is 10.2 Å². The van der Waals surface area contributed by atoms with E-state index in [0.29, 0.717) is 25.3 Å². The van der Waals surface area contributed by atoms with E-state index >= 15 is 0 Å². The van der Waals surface area contributed by atoms with Gasteiger partial charge < -0.3 is 9.88 Å². The Bertz CT molecular complexity index is 774. The summed E-state index contributed by atoms with van der Waals surface area (Å²) in [4.78, 5) is 12.1. The molecule has 0 saturated heterocycles. The Morgan fingerprint density at radius 1 is 1.30 bits per heavy atom. The van der Waals surface area contributed by atoms with Gasteiger partial charge in [0.25, 0.3) is 5.91 Å². The average molecular weight is 400 g/mol. The van der Waals surface area contributed by atoms with Crippen LogP contribution in [-0.2, 0) is 19.1 Å². The molecule has 1 aromatic heterocycles. The van der Waals surface area contributed by atoms with Gasteiger partial charge >= 0.3 is 6.18 Å². The summed E-state index contributed by atoms with van der Waals surface area (Å²) in [6.45, 7) is 5.39. The Labute approximate surface area is 160 Å². The molecule has 0 atom stereocenters. The standard InChI is InChI=1S/C18H23F3N4OS/c1-12(2)11-25-15(23-24-17(25)27-3)8-5-9-22-16(26)13-6-4-7-14(10-13)18(19,20)21/h4,6-7,10,12H,5,8-9,11H2,1-3H3,(H,22,26). The van der Waals surface area contributed by atoms with Crippen molar-refractivity contribution in [1.29, 1.82) is 0 Å². The zero-order valence-electron chi connectivity index (χ0n) is 15.5. The van der Waals surface area contributed by atoms with Crippen molar-refractivity contribution < 1.29 is 18.0 Å². The van der Waals surface area contributed by atoms with Crippen molar-refractivity contribution in [3.63, 3.8) is 0 Å². The summed E-state index contributed by atoms with van der Waals surface area (Å²) in [5.41, 5.74) is -0.834. The fourth-order valence-corrected chi connectivity index (χ4v) is 3.11.